The Morgan fingerprint density at radius 3 is 2.48 bits per heavy atom. The van der Waals surface area contributed by atoms with Gasteiger partial charge in [0.1, 0.15) is 5.75 Å². The lowest BCUT2D eigenvalue weighted by molar-refractivity contribution is -0.137. The van der Waals surface area contributed by atoms with Gasteiger partial charge in [-0.25, -0.2) is 13.1 Å². The third-order valence-electron chi connectivity index (χ3n) is 3.32. The molecule has 2 rings (SSSR count). The Morgan fingerprint density at radius 1 is 1.11 bits per heavy atom. The number of halogens is 3. The van der Waals surface area contributed by atoms with E-state index < -0.39 is 39.1 Å². The standard InChI is InChI=1S/C17H17F3N2O4S/c1-2-26-14-7-4-6-13(10-14)22-16(23)11-21-27(24,25)15-8-3-5-12(9-15)17(18,19)20/h3-10,21H,2,11H2,1H3,(H,22,23). The van der Waals surface area contributed by atoms with Crippen LogP contribution in [0.25, 0.3) is 0 Å². The van der Waals surface area contributed by atoms with Crippen LogP contribution in [0.1, 0.15) is 12.5 Å². The number of rotatable bonds is 7. The second-order valence-electron chi connectivity index (χ2n) is 5.36. The number of benzene rings is 2. The fraction of sp³-hybridized carbons (Fsp3) is 0.235. The molecule has 1 amide bonds. The SMILES string of the molecule is CCOc1cccc(NC(=O)CNS(=O)(=O)c2cccc(C(F)(F)F)c2)c1. The number of hydrogen-bond donors (Lipinski definition) is 2. The van der Waals surface area contributed by atoms with Crippen LogP contribution in [0.5, 0.6) is 5.75 Å². The van der Waals surface area contributed by atoms with Crippen molar-refractivity contribution in [3.8, 4) is 5.75 Å². The minimum atomic E-state index is -4.67. The van der Waals surface area contributed by atoms with Gasteiger partial charge in [-0.2, -0.15) is 13.2 Å². The van der Waals surface area contributed by atoms with E-state index in [9.17, 15) is 26.4 Å². The van der Waals surface area contributed by atoms with Gasteiger partial charge in [0, 0.05) is 11.8 Å². The molecule has 0 aliphatic carbocycles. The molecule has 0 aromatic heterocycles. The lowest BCUT2D eigenvalue weighted by atomic mass is 10.2. The summed E-state index contributed by atoms with van der Waals surface area (Å²) in [6.07, 6.45) is -4.67. The van der Waals surface area contributed by atoms with E-state index >= 15 is 0 Å². The molecular formula is C17H17F3N2O4S. The first kappa shape index (κ1) is 20.7. The number of carbonyl (C=O) groups is 1. The highest BCUT2D eigenvalue weighted by atomic mass is 32.2. The van der Waals surface area contributed by atoms with Crippen molar-refractivity contribution in [3.05, 3.63) is 54.1 Å². The molecule has 10 heteroatoms. The fourth-order valence-electron chi connectivity index (χ4n) is 2.12. The maximum absolute atomic E-state index is 12.7. The highest BCUT2D eigenvalue weighted by molar-refractivity contribution is 7.89. The molecule has 0 radical (unpaired) electrons. The summed E-state index contributed by atoms with van der Waals surface area (Å²) in [6, 6.07) is 9.74. The minimum Gasteiger partial charge on any atom is -0.494 e. The van der Waals surface area contributed by atoms with Gasteiger partial charge in [0.05, 0.1) is 23.6 Å². The second kappa shape index (κ2) is 8.40. The maximum atomic E-state index is 12.7. The molecule has 0 aliphatic rings. The summed E-state index contributed by atoms with van der Waals surface area (Å²) in [5.41, 5.74) is -0.702. The van der Waals surface area contributed by atoms with E-state index in [1.165, 1.54) is 0 Å². The molecule has 0 spiro atoms. The Kier molecular flexibility index (Phi) is 6.45. The molecule has 0 bridgehead atoms. The van der Waals surface area contributed by atoms with Gasteiger partial charge in [-0.15, -0.1) is 0 Å². The molecular weight excluding hydrogens is 385 g/mol. The molecule has 146 valence electrons. The summed E-state index contributed by atoms with van der Waals surface area (Å²) in [6.45, 7) is 1.60. The van der Waals surface area contributed by atoms with Gasteiger partial charge in [-0.1, -0.05) is 12.1 Å². The Balaban J connectivity index is 2.03. The van der Waals surface area contributed by atoms with Crippen molar-refractivity contribution in [2.45, 2.75) is 18.0 Å². The third-order valence-corrected chi connectivity index (χ3v) is 4.72. The normalized spacial score (nSPS) is 11.9. The predicted molar refractivity (Wildman–Crippen MR) is 92.9 cm³/mol. The number of ether oxygens (including phenoxy) is 1. The van der Waals surface area contributed by atoms with Crippen LogP contribution < -0.4 is 14.8 Å². The predicted octanol–water partition coefficient (Wildman–Crippen LogP) is 3.02. The number of sulfonamides is 1. The number of carbonyl (C=O) groups excluding carboxylic acids is 1. The highest BCUT2D eigenvalue weighted by Gasteiger charge is 2.31. The van der Waals surface area contributed by atoms with Crippen molar-refractivity contribution < 1.29 is 31.1 Å². The lowest BCUT2D eigenvalue weighted by Crippen LogP contribution is -2.33. The van der Waals surface area contributed by atoms with Gasteiger partial charge in [-0.05, 0) is 37.3 Å². The van der Waals surface area contributed by atoms with E-state index in [1.807, 2.05) is 4.72 Å². The van der Waals surface area contributed by atoms with E-state index in [2.05, 4.69) is 5.32 Å². The van der Waals surface area contributed by atoms with Gasteiger partial charge in [0.15, 0.2) is 0 Å². The van der Waals surface area contributed by atoms with E-state index in [0.29, 0.717) is 24.1 Å². The van der Waals surface area contributed by atoms with Crippen LogP contribution in [-0.2, 0) is 21.0 Å². The monoisotopic (exact) mass is 402 g/mol. The summed E-state index contributed by atoms with van der Waals surface area (Å²) in [5.74, 6) is -0.154. The number of hydrogen-bond acceptors (Lipinski definition) is 4. The summed E-state index contributed by atoms with van der Waals surface area (Å²) >= 11 is 0. The van der Waals surface area contributed by atoms with Gasteiger partial charge in [0.25, 0.3) is 0 Å². The molecule has 2 N–H and O–H groups in total. The second-order valence-corrected chi connectivity index (χ2v) is 7.13. The van der Waals surface area contributed by atoms with Crippen LogP contribution in [0.2, 0.25) is 0 Å². The number of alkyl halides is 3. The Morgan fingerprint density at radius 2 is 1.81 bits per heavy atom. The van der Waals surface area contributed by atoms with E-state index in [0.717, 1.165) is 18.2 Å². The van der Waals surface area contributed by atoms with Crippen molar-refractivity contribution in [2.75, 3.05) is 18.5 Å². The molecule has 0 atom stereocenters. The zero-order chi connectivity index (χ0) is 20.1. The highest BCUT2D eigenvalue weighted by Crippen LogP contribution is 2.30. The molecule has 0 aliphatic heterocycles. The molecule has 6 nitrogen and oxygen atoms in total. The van der Waals surface area contributed by atoms with Gasteiger partial charge < -0.3 is 10.1 Å². The number of nitrogens with one attached hydrogen (secondary N) is 2. The molecule has 27 heavy (non-hydrogen) atoms. The average molecular weight is 402 g/mol. The molecule has 2 aromatic rings. The van der Waals surface area contributed by atoms with E-state index in [4.69, 9.17) is 4.74 Å². The average Bonchev–Trinajstić information content (AvgIpc) is 2.60. The summed E-state index contributed by atoms with van der Waals surface area (Å²) in [5, 5.41) is 2.47. The lowest BCUT2D eigenvalue weighted by Gasteiger charge is -2.11. The van der Waals surface area contributed by atoms with E-state index in [1.54, 1.807) is 31.2 Å². The number of amides is 1. The van der Waals surface area contributed by atoms with Gasteiger partial charge in [-0.3, -0.25) is 4.79 Å². The van der Waals surface area contributed by atoms with Crippen molar-refractivity contribution in [2.24, 2.45) is 0 Å². The topological polar surface area (TPSA) is 84.5 Å². The smallest absolute Gasteiger partial charge is 0.416 e. The van der Waals surface area contributed by atoms with Crippen LogP contribution in [0.4, 0.5) is 18.9 Å². The zero-order valence-electron chi connectivity index (χ0n) is 14.2. The van der Waals surface area contributed by atoms with Crippen LogP contribution >= 0.6 is 0 Å². The summed E-state index contributed by atoms with van der Waals surface area (Å²) in [4.78, 5) is 11.3. The van der Waals surface area contributed by atoms with Gasteiger partial charge in [0.2, 0.25) is 15.9 Å². The first-order valence-corrected chi connectivity index (χ1v) is 9.30. The molecule has 0 fully saturated rings. The van der Waals surface area contributed by atoms with Crippen LogP contribution in [0.15, 0.2) is 53.4 Å². The van der Waals surface area contributed by atoms with Crippen molar-refractivity contribution in [1.82, 2.24) is 4.72 Å². The summed E-state index contributed by atoms with van der Waals surface area (Å²) < 4.78 is 69.6. The molecule has 0 unspecified atom stereocenters. The van der Waals surface area contributed by atoms with Crippen molar-refractivity contribution in [3.63, 3.8) is 0 Å². The third kappa shape index (κ3) is 5.97. The molecule has 2 aromatic carbocycles. The molecule has 0 saturated carbocycles. The Bertz CT molecular complexity index is 914. The summed E-state index contributed by atoms with van der Waals surface area (Å²) in [7, 11) is -4.28. The van der Waals surface area contributed by atoms with E-state index in [-0.39, 0.29) is 0 Å². The first-order valence-electron chi connectivity index (χ1n) is 7.81. The van der Waals surface area contributed by atoms with Gasteiger partial charge >= 0.3 is 6.18 Å². The van der Waals surface area contributed by atoms with Crippen molar-refractivity contribution in [1.29, 1.82) is 0 Å². The fourth-order valence-corrected chi connectivity index (χ4v) is 3.15. The maximum Gasteiger partial charge on any atom is 0.416 e. The van der Waals surface area contributed by atoms with Crippen LogP contribution in [-0.4, -0.2) is 27.5 Å². The van der Waals surface area contributed by atoms with Crippen LogP contribution in [0, 0.1) is 0 Å². The first-order chi connectivity index (χ1) is 12.6. The Hall–Kier alpha value is -2.59. The largest absolute Gasteiger partial charge is 0.494 e. The van der Waals surface area contributed by atoms with Crippen molar-refractivity contribution >= 4 is 21.6 Å². The zero-order valence-corrected chi connectivity index (χ0v) is 15.0. The Labute approximate surface area is 154 Å². The molecule has 0 heterocycles. The van der Waals surface area contributed by atoms with Crippen LogP contribution in [0.3, 0.4) is 0 Å². The minimum absolute atomic E-state index is 0.393. The molecule has 0 saturated heterocycles. The number of anilines is 1. The quantitative estimate of drug-likeness (QED) is 0.746.